The number of benzene rings is 3. The molecule has 0 heterocycles. The van der Waals surface area contributed by atoms with E-state index in [1.807, 2.05) is 36.4 Å². The molecule has 0 fully saturated rings. The molecule has 170 valence electrons. The SMILES string of the molecule is O=C(Nc1cc(Cl)cc(C(=O)NCC(O)CO)c1)OCC1c2ccccc2-c2ccccc21. The van der Waals surface area contributed by atoms with Gasteiger partial charge in [0.1, 0.15) is 6.61 Å². The zero-order chi connectivity index (χ0) is 23.4. The average molecular weight is 467 g/mol. The number of anilines is 1. The van der Waals surface area contributed by atoms with Gasteiger partial charge in [-0.05, 0) is 40.5 Å². The maximum Gasteiger partial charge on any atom is 0.411 e. The molecule has 1 unspecified atom stereocenters. The fourth-order valence-electron chi connectivity index (χ4n) is 3.92. The average Bonchev–Trinajstić information content (AvgIpc) is 3.14. The molecule has 33 heavy (non-hydrogen) atoms. The second kappa shape index (κ2) is 10.0. The van der Waals surface area contributed by atoms with E-state index in [2.05, 4.69) is 22.8 Å². The zero-order valence-corrected chi connectivity index (χ0v) is 18.4. The highest BCUT2D eigenvalue weighted by molar-refractivity contribution is 6.31. The van der Waals surface area contributed by atoms with Crippen LogP contribution >= 0.6 is 11.6 Å². The van der Waals surface area contributed by atoms with Gasteiger partial charge in [0.05, 0.1) is 12.7 Å². The molecule has 0 saturated carbocycles. The largest absolute Gasteiger partial charge is 0.448 e. The number of fused-ring (bicyclic) bond motifs is 3. The van der Waals surface area contributed by atoms with Crippen molar-refractivity contribution >= 4 is 29.3 Å². The molecule has 4 N–H and O–H groups in total. The summed E-state index contributed by atoms with van der Waals surface area (Å²) in [5.41, 5.74) is 4.99. The van der Waals surface area contributed by atoms with Crippen molar-refractivity contribution in [2.24, 2.45) is 0 Å². The van der Waals surface area contributed by atoms with Crippen molar-refractivity contribution in [3.63, 3.8) is 0 Å². The molecule has 0 aliphatic heterocycles. The number of ether oxygens (including phenoxy) is 1. The zero-order valence-electron chi connectivity index (χ0n) is 17.6. The van der Waals surface area contributed by atoms with Gasteiger partial charge in [0.15, 0.2) is 0 Å². The number of carbonyl (C=O) groups excluding carboxylic acids is 2. The van der Waals surface area contributed by atoms with Crippen molar-refractivity contribution < 1.29 is 24.5 Å². The summed E-state index contributed by atoms with van der Waals surface area (Å²) in [7, 11) is 0. The van der Waals surface area contributed by atoms with Crippen LogP contribution in [0, 0.1) is 0 Å². The Labute approximate surface area is 196 Å². The van der Waals surface area contributed by atoms with Crippen LogP contribution in [0.4, 0.5) is 10.5 Å². The molecule has 1 aliphatic carbocycles. The van der Waals surface area contributed by atoms with E-state index in [0.29, 0.717) is 5.69 Å². The fraction of sp³-hybridized carbons (Fsp3) is 0.200. The maximum atomic E-state index is 12.5. The number of hydrogen-bond acceptors (Lipinski definition) is 5. The molecule has 3 aromatic carbocycles. The first-order valence-electron chi connectivity index (χ1n) is 10.5. The van der Waals surface area contributed by atoms with Crippen LogP contribution in [-0.4, -0.2) is 48.1 Å². The minimum absolute atomic E-state index is 0.0678. The highest BCUT2D eigenvalue weighted by Gasteiger charge is 2.29. The van der Waals surface area contributed by atoms with Gasteiger partial charge in [0, 0.05) is 28.7 Å². The van der Waals surface area contributed by atoms with Crippen molar-refractivity contribution in [1.29, 1.82) is 0 Å². The lowest BCUT2D eigenvalue weighted by Crippen LogP contribution is -2.33. The Morgan fingerprint density at radius 2 is 1.64 bits per heavy atom. The third-order valence-electron chi connectivity index (χ3n) is 5.46. The molecule has 0 aromatic heterocycles. The van der Waals surface area contributed by atoms with Crippen LogP contribution in [0.3, 0.4) is 0 Å². The van der Waals surface area contributed by atoms with Gasteiger partial charge in [-0.1, -0.05) is 60.1 Å². The topological polar surface area (TPSA) is 108 Å². The second-order valence-corrected chi connectivity index (χ2v) is 8.16. The van der Waals surface area contributed by atoms with Gasteiger partial charge < -0.3 is 20.3 Å². The summed E-state index contributed by atoms with van der Waals surface area (Å²) in [5.74, 6) is -0.567. The molecule has 0 saturated heterocycles. The lowest BCUT2D eigenvalue weighted by atomic mass is 9.98. The van der Waals surface area contributed by atoms with E-state index in [-0.39, 0.29) is 29.7 Å². The highest BCUT2D eigenvalue weighted by Crippen LogP contribution is 2.44. The molecular formula is C25H23ClN2O5. The summed E-state index contributed by atoms with van der Waals surface area (Å²) in [5, 5.41) is 23.6. The summed E-state index contributed by atoms with van der Waals surface area (Å²) in [6, 6.07) is 20.5. The highest BCUT2D eigenvalue weighted by atomic mass is 35.5. The molecular weight excluding hydrogens is 444 g/mol. The van der Waals surface area contributed by atoms with Crippen LogP contribution in [-0.2, 0) is 4.74 Å². The van der Waals surface area contributed by atoms with Crippen LogP contribution < -0.4 is 10.6 Å². The summed E-state index contributed by atoms with van der Waals surface area (Å²) in [6.45, 7) is -0.422. The molecule has 1 aliphatic rings. The minimum Gasteiger partial charge on any atom is -0.448 e. The smallest absolute Gasteiger partial charge is 0.411 e. The van der Waals surface area contributed by atoms with Crippen molar-refractivity contribution in [3.8, 4) is 11.1 Å². The number of hydrogen-bond donors (Lipinski definition) is 4. The second-order valence-electron chi connectivity index (χ2n) is 7.73. The van der Waals surface area contributed by atoms with E-state index < -0.39 is 24.7 Å². The lowest BCUT2D eigenvalue weighted by Gasteiger charge is -2.15. The Hall–Kier alpha value is -3.39. The molecule has 0 spiro atoms. The number of halogens is 1. The molecule has 0 radical (unpaired) electrons. The summed E-state index contributed by atoms with van der Waals surface area (Å²) >= 11 is 6.10. The normalized spacial score (nSPS) is 13.1. The van der Waals surface area contributed by atoms with Crippen molar-refractivity contribution in [2.75, 3.05) is 25.1 Å². The van der Waals surface area contributed by atoms with Gasteiger partial charge in [0.25, 0.3) is 5.91 Å². The van der Waals surface area contributed by atoms with Gasteiger partial charge >= 0.3 is 6.09 Å². The lowest BCUT2D eigenvalue weighted by molar-refractivity contribution is 0.0802. The Morgan fingerprint density at radius 3 is 2.27 bits per heavy atom. The first-order valence-corrected chi connectivity index (χ1v) is 10.8. The Kier molecular flexibility index (Phi) is 6.93. The standard InChI is InChI=1S/C25H23ClN2O5/c26-16-9-15(24(31)27-12-18(30)13-29)10-17(11-16)28-25(32)33-14-23-21-7-3-1-5-19(21)20-6-2-4-8-22(20)23/h1-11,18,23,29-30H,12-14H2,(H,27,31)(H,28,32). The Balaban J connectivity index is 1.42. The number of amides is 2. The van der Waals surface area contributed by atoms with E-state index in [4.69, 9.17) is 21.4 Å². The quantitative estimate of drug-likeness (QED) is 0.424. The van der Waals surface area contributed by atoms with Gasteiger partial charge in [0.2, 0.25) is 0 Å². The summed E-state index contributed by atoms with van der Waals surface area (Å²) in [4.78, 5) is 24.8. The van der Waals surface area contributed by atoms with E-state index in [9.17, 15) is 14.7 Å². The third-order valence-corrected chi connectivity index (χ3v) is 5.68. The van der Waals surface area contributed by atoms with E-state index in [1.165, 1.54) is 18.2 Å². The predicted octanol–water partition coefficient (Wildman–Crippen LogP) is 3.78. The number of aliphatic hydroxyl groups excluding tert-OH is 2. The van der Waals surface area contributed by atoms with E-state index in [0.717, 1.165) is 22.3 Å². The first kappa shape index (κ1) is 22.8. The van der Waals surface area contributed by atoms with Gasteiger partial charge in [-0.3, -0.25) is 10.1 Å². The Morgan fingerprint density at radius 1 is 1.00 bits per heavy atom. The van der Waals surface area contributed by atoms with Crippen molar-refractivity contribution in [3.05, 3.63) is 88.4 Å². The molecule has 4 rings (SSSR count). The van der Waals surface area contributed by atoms with Crippen molar-refractivity contribution in [2.45, 2.75) is 12.0 Å². The Bertz CT molecular complexity index is 1140. The molecule has 1 atom stereocenters. The van der Waals surface area contributed by atoms with Crippen molar-refractivity contribution in [1.82, 2.24) is 5.32 Å². The van der Waals surface area contributed by atoms with E-state index >= 15 is 0 Å². The number of carbonyl (C=O) groups is 2. The van der Waals surface area contributed by atoms with Crippen LogP contribution in [0.15, 0.2) is 66.7 Å². The monoisotopic (exact) mass is 466 g/mol. The first-order chi connectivity index (χ1) is 16.0. The van der Waals surface area contributed by atoms with Crippen LogP contribution in [0.1, 0.15) is 27.4 Å². The molecule has 3 aromatic rings. The van der Waals surface area contributed by atoms with Gasteiger partial charge in [-0.2, -0.15) is 0 Å². The predicted molar refractivity (Wildman–Crippen MR) is 126 cm³/mol. The minimum atomic E-state index is -1.06. The summed E-state index contributed by atoms with van der Waals surface area (Å²) < 4.78 is 5.52. The molecule has 7 nitrogen and oxygen atoms in total. The van der Waals surface area contributed by atoms with Gasteiger partial charge in [-0.25, -0.2) is 4.79 Å². The number of nitrogens with one attached hydrogen (secondary N) is 2. The molecule has 8 heteroatoms. The van der Waals surface area contributed by atoms with E-state index in [1.54, 1.807) is 0 Å². The fourth-order valence-corrected chi connectivity index (χ4v) is 4.16. The number of rotatable bonds is 7. The number of aliphatic hydroxyl groups is 2. The summed E-state index contributed by atoms with van der Waals surface area (Å²) in [6.07, 6.45) is -1.73. The van der Waals surface area contributed by atoms with Crippen LogP contribution in [0.25, 0.3) is 11.1 Å². The molecule has 0 bridgehead atoms. The van der Waals surface area contributed by atoms with Gasteiger partial charge in [-0.15, -0.1) is 0 Å². The maximum absolute atomic E-state index is 12.5. The van der Waals surface area contributed by atoms with Crippen LogP contribution in [0.5, 0.6) is 0 Å². The molecule has 2 amide bonds. The third kappa shape index (κ3) is 5.17. The van der Waals surface area contributed by atoms with Crippen LogP contribution in [0.2, 0.25) is 5.02 Å².